The van der Waals surface area contributed by atoms with Gasteiger partial charge in [0.15, 0.2) is 0 Å². The van der Waals surface area contributed by atoms with E-state index in [9.17, 15) is 14.4 Å². The Morgan fingerprint density at radius 2 is 1.73 bits per heavy atom. The lowest BCUT2D eigenvalue weighted by atomic mass is 9.78. The lowest BCUT2D eigenvalue weighted by molar-refractivity contribution is -0.145. The molecule has 2 N–H and O–H groups in total. The molecule has 0 aromatic rings. The van der Waals surface area contributed by atoms with E-state index in [-0.39, 0.29) is 0 Å². The van der Waals surface area contributed by atoms with Crippen LogP contribution in [0.3, 0.4) is 0 Å². The largest absolute Gasteiger partial charge is 0.328 e. The minimum Gasteiger partial charge on any atom is -0.277 e. The van der Waals surface area contributed by atoms with Gasteiger partial charge in [0.05, 0.1) is 0 Å². The van der Waals surface area contributed by atoms with Crippen LogP contribution in [0.15, 0.2) is 0 Å². The molecule has 0 atom stereocenters. The molecule has 6 heteroatoms. The van der Waals surface area contributed by atoms with Crippen LogP contribution >= 0.6 is 15.9 Å². The second-order valence-corrected chi connectivity index (χ2v) is 4.26. The Bertz CT molecular complexity index is 284. The predicted octanol–water partition coefficient (Wildman–Crippen LogP) is 0.924. The Morgan fingerprint density at radius 1 is 1.20 bits per heavy atom. The summed E-state index contributed by atoms with van der Waals surface area (Å²) in [5.74, 6) is -0.973. The van der Waals surface area contributed by atoms with Crippen molar-refractivity contribution < 1.29 is 14.4 Å². The molecule has 1 rings (SSSR count). The van der Waals surface area contributed by atoms with E-state index in [4.69, 9.17) is 0 Å². The average Bonchev–Trinajstić information content (AvgIpc) is 2.17. The van der Waals surface area contributed by atoms with E-state index in [1.165, 1.54) is 0 Å². The highest BCUT2D eigenvalue weighted by Gasteiger charge is 2.48. The maximum Gasteiger partial charge on any atom is 0.328 e. The molecule has 0 spiro atoms. The summed E-state index contributed by atoms with van der Waals surface area (Å²) in [5.41, 5.74) is -1.08. The third-order valence-electron chi connectivity index (χ3n) is 2.66. The number of halogens is 1. The maximum atomic E-state index is 11.7. The monoisotopic (exact) mass is 276 g/mol. The summed E-state index contributed by atoms with van der Waals surface area (Å²) in [7, 11) is 0. The summed E-state index contributed by atoms with van der Waals surface area (Å²) in [6.07, 6.45) is 1.55. The van der Waals surface area contributed by atoms with Crippen LogP contribution < -0.4 is 10.6 Å². The zero-order valence-corrected chi connectivity index (χ0v) is 10.0. The van der Waals surface area contributed by atoms with Crippen molar-refractivity contribution in [2.24, 2.45) is 5.41 Å². The van der Waals surface area contributed by atoms with Crippen LogP contribution in [-0.2, 0) is 9.59 Å². The summed E-state index contributed by atoms with van der Waals surface area (Å²) in [5, 5.41) is 5.00. The number of barbiturate groups is 1. The van der Waals surface area contributed by atoms with Crippen molar-refractivity contribution >= 4 is 33.8 Å². The summed E-state index contributed by atoms with van der Waals surface area (Å²) < 4.78 is 0. The van der Waals surface area contributed by atoms with Gasteiger partial charge >= 0.3 is 6.03 Å². The zero-order chi connectivity index (χ0) is 11.5. The molecule has 5 nitrogen and oxygen atoms in total. The van der Waals surface area contributed by atoms with Gasteiger partial charge in [-0.15, -0.1) is 0 Å². The highest BCUT2D eigenvalue weighted by atomic mass is 79.9. The molecule has 1 aliphatic rings. The van der Waals surface area contributed by atoms with Crippen molar-refractivity contribution in [1.29, 1.82) is 0 Å². The van der Waals surface area contributed by atoms with Crippen LogP contribution in [0, 0.1) is 5.41 Å². The number of nitrogens with one attached hydrogen (secondary N) is 2. The first-order valence-electron chi connectivity index (χ1n) is 4.79. The first-order chi connectivity index (χ1) is 7.06. The van der Waals surface area contributed by atoms with Crippen LogP contribution in [0.5, 0.6) is 0 Å². The summed E-state index contributed by atoms with van der Waals surface area (Å²) in [6.45, 7) is 1.77. The molecule has 0 bridgehead atoms. The first kappa shape index (κ1) is 12.2. The first-order valence-corrected chi connectivity index (χ1v) is 5.92. The van der Waals surface area contributed by atoms with E-state index in [2.05, 4.69) is 26.6 Å². The van der Waals surface area contributed by atoms with Crippen molar-refractivity contribution in [3.05, 3.63) is 0 Å². The van der Waals surface area contributed by atoms with Gasteiger partial charge in [-0.3, -0.25) is 20.2 Å². The van der Waals surface area contributed by atoms with Gasteiger partial charge in [0.25, 0.3) is 0 Å². The molecule has 84 valence electrons. The van der Waals surface area contributed by atoms with Gasteiger partial charge in [0.2, 0.25) is 11.8 Å². The molecular weight excluding hydrogens is 264 g/mol. The molecule has 0 aromatic carbocycles. The van der Waals surface area contributed by atoms with E-state index in [1.54, 1.807) is 6.92 Å². The van der Waals surface area contributed by atoms with Crippen LogP contribution in [0.2, 0.25) is 0 Å². The van der Waals surface area contributed by atoms with Crippen molar-refractivity contribution in [3.63, 3.8) is 0 Å². The SMILES string of the molecule is CCC1(CCCBr)C(=O)NC(=O)NC1=O. The number of rotatable bonds is 4. The molecule has 0 aliphatic carbocycles. The van der Waals surface area contributed by atoms with Crippen LogP contribution in [0.1, 0.15) is 26.2 Å². The minimum atomic E-state index is -1.08. The second-order valence-electron chi connectivity index (χ2n) is 3.47. The van der Waals surface area contributed by atoms with Gasteiger partial charge in [0.1, 0.15) is 5.41 Å². The Kier molecular flexibility index (Phi) is 3.84. The molecular formula is C9H13BrN2O3. The highest BCUT2D eigenvalue weighted by Crippen LogP contribution is 2.30. The Labute approximate surface area is 96.1 Å². The van der Waals surface area contributed by atoms with E-state index in [1.807, 2.05) is 0 Å². The van der Waals surface area contributed by atoms with Gasteiger partial charge in [-0.25, -0.2) is 4.79 Å². The molecule has 0 radical (unpaired) electrons. The third kappa shape index (κ3) is 2.19. The summed E-state index contributed by atoms with van der Waals surface area (Å²) in [6, 6.07) is -0.729. The van der Waals surface area contributed by atoms with Crippen molar-refractivity contribution in [3.8, 4) is 0 Å². The van der Waals surface area contributed by atoms with Crippen molar-refractivity contribution in [1.82, 2.24) is 10.6 Å². The number of carbonyl (C=O) groups is 3. The normalized spacial score (nSPS) is 19.7. The number of hydrogen-bond acceptors (Lipinski definition) is 3. The van der Waals surface area contributed by atoms with Crippen LogP contribution in [0.25, 0.3) is 0 Å². The number of amides is 4. The number of imide groups is 2. The molecule has 1 saturated heterocycles. The average molecular weight is 277 g/mol. The molecule has 4 amide bonds. The molecule has 15 heavy (non-hydrogen) atoms. The fourth-order valence-corrected chi connectivity index (χ4v) is 1.95. The highest BCUT2D eigenvalue weighted by molar-refractivity contribution is 9.09. The number of urea groups is 1. The molecule has 1 aliphatic heterocycles. The van der Waals surface area contributed by atoms with Crippen LogP contribution in [0.4, 0.5) is 4.79 Å². The van der Waals surface area contributed by atoms with Gasteiger partial charge < -0.3 is 0 Å². The molecule has 0 unspecified atom stereocenters. The minimum absolute atomic E-state index is 0.394. The van der Waals surface area contributed by atoms with Crippen LogP contribution in [-0.4, -0.2) is 23.2 Å². The Morgan fingerprint density at radius 3 is 2.13 bits per heavy atom. The van der Waals surface area contributed by atoms with Gasteiger partial charge in [-0.1, -0.05) is 22.9 Å². The number of alkyl halides is 1. The smallest absolute Gasteiger partial charge is 0.277 e. The van der Waals surface area contributed by atoms with E-state index in [0.717, 1.165) is 5.33 Å². The topological polar surface area (TPSA) is 75.3 Å². The predicted molar refractivity (Wildman–Crippen MR) is 57.4 cm³/mol. The summed E-state index contributed by atoms with van der Waals surface area (Å²) in [4.78, 5) is 34.2. The Balaban J connectivity index is 2.89. The van der Waals surface area contributed by atoms with E-state index >= 15 is 0 Å². The standard InChI is InChI=1S/C9H13BrN2O3/c1-2-9(4-3-5-10)6(13)11-8(15)12-7(9)14/h2-5H2,1H3,(H2,11,12,13,14,15). The fourth-order valence-electron chi connectivity index (χ4n) is 1.67. The summed E-state index contributed by atoms with van der Waals surface area (Å²) >= 11 is 3.25. The molecule has 1 fully saturated rings. The van der Waals surface area contributed by atoms with Gasteiger partial charge in [0, 0.05) is 5.33 Å². The zero-order valence-electron chi connectivity index (χ0n) is 8.43. The lowest BCUT2D eigenvalue weighted by Gasteiger charge is -2.32. The molecule has 0 saturated carbocycles. The molecule has 1 heterocycles. The maximum absolute atomic E-state index is 11.7. The number of carbonyl (C=O) groups excluding carboxylic acids is 3. The van der Waals surface area contributed by atoms with Gasteiger partial charge in [-0.05, 0) is 19.3 Å². The van der Waals surface area contributed by atoms with Crippen molar-refractivity contribution in [2.45, 2.75) is 26.2 Å². The van der Waals surface area contributed by atoms with Crippen molar-refractivity contribution in [2.75, 3.05) is 5.33 Å². The van der Waals surface area contributed by atoms with Gasteiger partial charge in [-0.2, -0.15) is 0 Å². The quantitative estimate of drug-likeness (QED) is 0.592. The lowest BCUT2D eigenvalue weighted by Crippen LogP contribution is -2.62. The third-order valence-corrected chi connectivity index (χ3v) is 3.22. The molecule has 0 aromatic heterocycles. The fraction of sp³-hybridized carbons (Fsp3) is 0.667. The Hall–Kier alpha value is -0.910. The second kappa shape index (κ2) is 4.74. The number of hydrogen-bond donors (Lipinski definition) is 2. The van der Waals surface area contributed by atoms with E-state index < -0.39 is 23.3 Å². The van der Waals surface area contributed by atoms with E-state index in [0.29, 0.717) is 19.3 Å².